The van der Waals surface area contributed by atoms with Gasteiger partial charge < -0.3 is 10.1 Å². The van der Waals surface area contributed by atoms with Crippen molar-refractivity contribution < 1.29 is 18.7 Å². The van der Waals surface area contributed by atoms with Crippen molar-refractivity contribution in [2.75, 3.05) is 0 Å². The summed E-state index contributed by atoms with van der Waals surface area (Å²) in [6.07, 6.45) is -0.997. The Morgan fingerprint density at radius 2 is 1.96 bits per heavy atom. The van der Waals surface area contributed by atoms with Crippen LogP contribution in [-0.4, -0.2) is 18.0 Å². The van der Waals surface area contributed by atoms with E-state index < -0.39 is 18.0 Å². The quantitative estimate of drug-likeness (QED) is 0.857. The molecule has 1 N–H and O–H groups in total. The lowest BCUT2D eigenvalue weighted by Gasteiger charge is -2.13. The summed E-state index contributed by atoms with van der Waals surface area (Å²) in [5.41, 5.74) is 1.26. The SMILES string of the molecule is C[C@@H](OC(=O)c1cccc(C#N)c1)C(=O)NCc1ccc(F)cc1. The van der Waals surface area contributed by atoms with Gasteiger partial charge in [0.2, 0.25) is 0 Å². The van der Waals surface area contributed by atoms with Crippen LogP contribution >= 0.6 is 0 Å². The highest BCUT2D eigenvalue weighted by Crippen LogP contribution is 2.08. The number of hydrogen-bond acceptors (Lipinski definition) is 4. The number of rotatable bonds is 5. The van der Waals surface area contributed by atoms with Crippen molar-refractivity contribution in [3.8, 4) is 6.07 Å². The number of halogens is 1. The zero-order valence-electron chi connectivity index (χ0n) is 13.0. The molecule has 0 aliphatic heterocycles. The highest BCUT2D eigenvalue weighted by atomic mass is 19.1. The van der Waals surface area contributed by atoms with Crippen molar-refractivity contribution in [1.29, 1.82) is 5.26 Å². The molecule has 1 amide bonds. The van der Waals surface area contributed by atoms with E-state index >= 15 is 0 Å². The van der Waals surface area contributed by atoms with Crippen LogP contribution in [0.2, 0.25) is 0 Å². The maximum Gasteiger partial charge on any atom is 0.338 e. The fraction of sp³-hybridized carbons (Fsp3) is 0.167. The number of carbonyl (C=O) groups is 2. The van der Waals surface area contributed by atoms with Gasteiger partial charge in [0.15, 0.2) is 6.10 Å². The van der Waals surface area contributed by atoms with Gasteiger partial charge in [0.25, 0.3) is 5.91 Å². The van der Waals surface area contributed by atoms with Gasteiger partial charge in [0, 0.05) is 6.54 Å². The number of nitrogens with one attached hydrogen (secondary N) is 1. The molecule has 0 aliphatic carbocycles. The van der Waals surface area contributed by atoms with Crippen LogP contribution in [-0.2, 0) is 16.1 Å². The van der Waals surface area contributed by atoms with Crippen molar-refractivity contribution in [2.24, 2.45) is 0 Å². The Labute approximate surface area is 138 Å². The average molecular weight is 326 g/mol. The zero-order valence-corrected chi connectivity index (χ0v) is 13.0. The second-order valence-electron chi connectivity index (χ2n) is 5.08. The van der Waals surface area contributed by atoms with Gasteiger partial charge in [-0.2, -0.15) is 5.26 Å². The Kier molecular flexibility index (Phi) is 5.63. The van der Waals surface area contributed by atoms with Crippen LogP contribution in [0.15, 0.2) is 48.5 Å². The summed E-state index contributed by atoms with van der Waals surface area (Å²) in [5, 5.41) is 11.4. The van der Waals surface area contributed by atoms with Gasteiger partial charge in [-0.25, -0.2) is 9.18 Å². The number of nitriles is 1. The largest absolute Gasteiger partial charge is 0.449 e. The van der Waals surface area contributed by atoms with E-state index in [1.807, 2.05) is 6.07 Å². The maximum atomic E-state index is 12.8. The van der Waals surface area contributed by atoms with Gasteiger partial charge >= 0.3 is 5.97 Å². The molecule has 2 aromatic carbocycles. The zero-order chi connectivity index (χ0) is 17.5. The molecule has 0 fully saturated rings. The molecule has 0 spiro atoms. The molecule has 0 unspecified atom stereocenters. The first-order valence-electron chi connectivity index (χ1n) is 7.23. The highest BCUT2D eigenvalue weighted by Gasteiger charge is 2.18. The molecular weight excluding hydrogens is 311 g/mol. The molecule has 0 aliphatic rings. The Morgan fingerprint density at radius 1 is 1.25 bits per heavy atom. The normalized spacial score (nSPS) is 11.2. The lowest BCUT2D eigenvalue weighted by atomic mass is 10.1. The van der Waals surface area contributed by atoms with Crippen molar-refractivity contribution in [3.63, 3.8) is 0 Å². The Hall–Kier alpha value is -3.20. The van der Waals surface area contributed by atoms with Gasteiger partial charge in [-0.15, -0.1) is 0 Å². The minimum atomic E-state index is -0.997. The lowest BCUT2D eigenvalue weighted by Crippen LogP contribution is -2.35. The average Bonchev–Trinajstić information content (AvgIpc) is 2.60. The summed E-state index contributed by atoms with van der Waals surface area (Å²) >= 11 is 0. The third-order valence-electron chi connectivity index (χ3n) is 3.26. The molecule has 2 aromatic rings. The number of esters is 1. The summed E-state index contributed by atoms with van der Waals surface area (Å²) < 4.78 is 17.9. The third kappa shape index (κ3) is 4.65. The number of amides is 1. The number of nitrogens with zero attached hydrogens (tertiary/aromatic N) is 1. The van der Waals surface area contributed by atoms with Gasteiger partial charge in [-0.1, -0.05) is 18.2 Å². The first-order valence-corrected chi connectivity index (χ1v) is 7.23. The number of benzene rings is 2. The fourth-order valence-corrected chi connectivity index (χ4v) is 1.93. The summed E-state index contributed by atoms with van der Waals surface area (Å²) in [4.78, 5) is 23.9. The molecule has 0 saturated carbocycles. The smallest absolute Gasteiger partial charge is 0.338 e. The lowest BCUT2D eigenvalue weighted by molar-refractivity contribution is -0.129. The molecule has 0 radical (unpaired) electrons. The van der Waals surface area contributed by atoms with Gasteiger partial charge in [0.05, 0.1) is 17.2 Å². The number of hydrogen-bond donors (Lipinski definition) is 1. The summed E-state index contributed by atoms with van der Waals surface area (Å²) in [5.74, 6) is -1.51. The molecule has 1 atom stereocenters. The summed E-state index contributed by atoms with van der Waals surface area (Å²) in [6, 6.07) is 13.7. The molecule has 2 rings (SSSR count). The first-order chi connectivity index (χ1) is 11.5. The van der Waals surface area contributed by atoms with E-state index in [0.717, 1.165) is 5.56 Å². The second kappa shape index (κ2) is 7.88. The molecule has 0 heterocycles. The molecule has 0 aromatic heterocycles. The third-order valence-corrected chi connectivity index (χ3v) is 3.26. The number of carbonyl (C=O) groups excluding carboxylic acids is 2. The Balaban J connectivity index is 1.89. The minimum absolute atomic E-state index is 0.199. The highest BCUT2D eigenvalue weighted by molar-refractivity contribution is 5.92. The van der Waals surface area contributed by atoms with Crippen LogP contribution in [0, 0.1) is 17.1 Å². The van der Waals surface area contributed by atoms with Crippen LogP contribution in [0.25, 0.3) is 0 Å². The van der Waals surface area contributed by atoms with E-state index in [0.29, 0.717) is 5.56 Å². The molecule has 5 nitrogen and oxygen atoms in total. The van der Waals surface area contributed by atoms with Crippen molar-refractivity contribution in [2.45, 2.75) is 19.6 Å². The van der Waals surface area contributed by atoms with Crippen LogP contribution in [0.3, 0.4) is 0 Å². The minimum Gasteiger partial charge on any atom is -0.449 e. The van der Waals surface area contributed by atoms with E-state index in [1.54, 1.807) is 24.3 Å². The maximum absolute atomic E-state index is 12.8. The van der Waals surface area contributed by atoms with E-state index in [9.17, 15) is 14.0 Å². The van der Waals surface area contributed by atoms with Crippen LogP contribution in [0.4, 0.5) is 4.39 Å². The van der Waals surface area contributed by atoms with Gasteiger partial charge in [0.1, 0.15) is 5.82 Å². The van der Waals surface area contributed by atoms with E-state index in [1.165, 1.54) is 31.2 Å². The van der Waals surface area contributed by atoms with Crippen LogP contribution < -0.4 is 5.32 Å². The summed E-state index contributed by atoms with van der Waals surface area (Å²) in [6.45, 7) is 1.65. The number of ether oxygens (including phenoxy) is 1. The van der Waals surface area contributed by atoms with Crippen molar-refractivity contribution >= 4 is 11.9 Å². The van der Waals surface area contributed by atoms with Gasteiger partial charge in [-0.05, 0) is 42.8 Å². The molecule has 6 heteroatoms. The second-order valence-corrected chi connectivity index (χ2v) is 5.08. The van der Waals surface area contributed by atoms with E-state index in [2.05, 4.69) is 5.32 Å². The Morgan fingerprint density at radius 3 is 2.62 bits per heavy atom. The first kappa shape index (κ1) is 17.2. The van der Waals surface area contributed by atoms with Crippen LogP contribution in [0.1, 0.15) is 28.4 Å². The molecular formula is C18H15FN2O3. The predicted molar refractivity (Wildman–Crippen MR) is 84.3 cm³/mol. The molecule has 122 valence electrons. The predicted octanol–water partition coefficient (Wildman–Crippen LogP) is 2.56. The van der Waals surface area contributed by atoms with Crippen molar-refractivity contribution in [1.82, 2.24) is 5.32 Å². The fourth-order valence-electron chi connectivity index (χ4n) is 1.93. The van der Waals surface area contributed by atoms with Crippen LogP contribution in [0.5, 0.6) is 0 Å². The summed E-state index contributed by atoms with van der Waals surface area (Å²) in [7, 11) is 0. The molecule has 24 heavy (non-hydrogen) atoms. The molecule has 0 saturated heterocycles. The molecule has 0 bridgehead atoms. The van der Waals surface area contributed by atoms with E-state index in [-0.39, 0.29) is 17.9 Å². The Bertz CT molecular complexity index is 782. The topological polar surface area (TPSA) is 79.2 Å². The monoisotopic (exact) mass is 326 g/mol. The van der Waals surface area contributed by atoms with E-state index in [4.69, 9.17) is 10.00 Å². The standard InChI is InChI=1S/C18H15FN2O3/c1-12(17(22)21-11-13-5-7-16(19)8-6-13)24-18(23)15-4-2-3-14(9-15)10-20/h2-9,12H,11H2,1H3,(H,21,22)/t12-/m1/s1. The van der Waals surface area contributed by atoms with Crippen molar-refractivity contribution in [3.05, 3.63) is 71.0 Å². The van der Waals surface area contributed by atoms with Gasteiger partial charge in [-0.3, -0.25) is 4.79 Å².